The van der Waals surface area contributed by atoms with Crippen LogP contribution in [0.15, 0.2) is 24.3 Å². The third-order valence-corrected chi connectivity index (χ3v) is 4.72. The molecule has 0 saturated heterocycles. The zero-order chi connectivity index (χ0) is 16.6. The first-order chi connectivity index (χ1) is 11.0. The van der Waals surface area contributed by atoms with Crippen LogP contribution in [0.1, 0.15) is 17.7 Å². The lowest BCUT2D eigenvalue weighted by molar-refractivity contribution is 0.161. The van der Waals surface area contributed by atoms with E-state index in [2.05, 4.69) is 42.1 Å². The zero-order valence-corrected chi connectivity index (χ0v) is 15.0. The highest BCUT2D eigenvalue weighted by atomic mass is 32.1. The van der Waals surface area contributed by atoms with Gasteiger partial charge in [0.15, 0.2) is 5.75 Å². The molecule has 1 unspecified atom stereocenters. The van der Waals surface area contributed by atoms with Gasteiger partial charge in [0, 0.05) is 24.7 Å². The Labute approximate surface area is 143 Å². The minimum absolute atomic E-state index is 0.106. The molecule has 0 radical (unpaired) electrons. The molecule has 0 fully saturated rings. The van der Waals surface area contributed by atoms with E-state index in [0.717, 1.165) is 52.4 Å². The van der Waals surface area contributed by atoms with Crippen LogP contribution in [0.4, 0.5) is 0 Å². The summed E-state index contributed by atoms with van der Waals surface area (Å²) in [6, 6.07) is 8.25. The zero-order valence-electron chi connectivity index (χ0n) is 14.2. The van der Waals surface area contributed by atoms with Crippen LogP contribution in [0.25, 0.3) is 10.9 Å². The van der Waals surface area contributed by atoms with Gasteiger partial charge in [0.05, 0.1) is 12.1 Å². The number of hydrogen-bond acceptors (Lipinski definition) is 4. The van der Waals surface area contributed by atoms with Crippen molar-refractivity contribution in [3.05, 3.63) is 35.5 Å². The molecular formula is C18H23N3OS. The van der Waals surface area contributed by atoms with Gasteiger partial charge in [0.25, 0.3) is 0 Å². The average molecular weight is 329 g/mol. The van der Waals surface area contributed by atoms with Crippen LogP contribution >= 0.6 is 12.2 Å². The van der Waals surface area contributed by atoms with Crippen molar-refractivity contribution in [2.75, 3.05) is 34.2 Å². The lowest BCUT2D eigenvalue weighted by atomic mass is 10.1. The molecule has 0 aliphatic carbocycles. The summed E-state index contributed by atoms with van der Waals surface area (Å²) in [5.41, 5.74) is 2.87. The third kappa shape index (κ3) is 3.31. The SMILES string of the molecule is Cc1ccc2ccc3c(c2n1)OC(CCN(C)C)CN(C)C3=S. The molecule has 2 heterocycles. The second-order valence-corrected chi connectivity index (χ2v) is 6.87. The maximum Gasteiger partial charge on any atom is 0.156 e. The van der Waals surface area contributed by atoms with Crippen molar-refractivity contribution in [1.29, 1.82) is 0 Å². The van der Waals surface area contributed by atoms with Crippen molar-refractivity contribution in [3.8, 4) is 5.75 Å². The van der Waals surface area contributed by atoms with E-state index < -0.39 is 0 Å². The molecule has 0 N–H and O–H groups in total. The molecule has 3 rings (SSSR count). The van der Waals surface area contributed by atoms with E-state index in [1.165, 1.54) is 0 Å². The molecule has 23 heavy (non-hydrogen) atoms. The van der Waals surface area contributed by atoms with Crippen LogP contribution in [0.2, 0.25) is 0 Å². The Morgan fingerprint density at radius 2 is 2.04 bits per heavy atom. The molecule has 1 aliphatic heterocycles. The van der Waals surface area contributed by atoms with Gasteiger partial charge in [-0.15, -0.1) is 0 Å². The van der Waals surface area contributed by atoms with Gasteiger partial charge in [-0.2, -0.15) is 0 Å². The predicted molar refractivity (Wildman–Crippen MR) is 98.4 cm³/mol. The number of thiocarbonyl (C=S) groups is 1. The molecule has 4 nitrogen and oxygen atoms in total. The Bertz CT molecular complexity index is 744. The summed E-state index contributed by atoms with van der Waals surface area (Å²) in [7, 11) is 6.20. The van der Waals surface area contributed by atoms with E-state index in [0.29, 0.717) is 0 Å². The molecule has 1 aliphatic rings. The Morgan fingerprint density at radius 3 is 2.78 bits per heavy atom. The fourth-order valence-electron chi connectivity index (χ4n) is 2.90. The summed E-state index contributed by atoms with van der Waals surface area (Å²) in [5.74, 6) is 0.837. The molecular weight excluding hydrogens is 306 g/mol. The monoisotopic (exact) mass is 329 g/mol. The standard InChI is InChI=1S/C18H23N3OS/c1-12-5-6-13-7-8-15-17(16(13)19-12)22-14(9-10-20(2)3)11-21(4)18(15)23/h5-8,14H,9-11H2,1-4H3. The van der Waals surface area contributed by atoms with Gasteiger partial charge in [-0.05, 0) is 39.6 Å². The molecule has 5 heteroatoms. The van der Waals surface area contributed by atoms with Gasteiger partial charge < -0.3 is 14.5 Å². The van der Waals surface area contributed by atoms with Crippen LogP contribution < -0.4 is 4.74 Å². The summed E-state index contributed by atoms with van der Waals surface area (Å²) in [4.78, 5) is 9.83. The van der Waals surface area contributed by atoms with Crippen LogP contribution in [0.5, 0.6) is 5.75 Å². The third-order valence-electron chi connectivity index (χ3n) is 4.19. The molecule has 0 amide bonds. The number of aromatic nitrogens is 1. The number of likely N-dealkylation sites (N-methyl/N-ethyl adjacent to an activating group) is 1. The van der Waals surface area contributed by atoms with E-state index in [9.17, 15) is 0 Å². The molecule has 1 aromatic carbocycles. The van der Waals surface area contributed by atoms with Crippen molar-refractivity contribution in [2.24, 2.45) is 0 Å². The van der Waals surface area contributed by atoms with Gasteiger partial charge in [0.1, 0.15) is 16.6 Å². The molecule has 1 aromatic heterocycles. The number of pyridine rings is 1. The Morgan fingerprint density at radius 1 is 1.30 bits per heavy atom. The van der Waals surface area contributed by atoms with Gasteiger partial charge in [0.2, 0.25) is 0 Å². The highest BCUT2D eigenvalue weighted by Gasteiger charge is 2.26. The quantitative estimate of drug-likeness (QED) is 0.808. The minimum atomic E-state index is 0.106. The Kier molecular flexibility index (Phi) is 4.50. The number of aryl methyl sites for hydroxylation is 1. The molecule has 2 aromatic rings. The molecule has 0 bridgehead atoms. The summed E-state index contributed by atoms with van der Waals surface area (Å²) in [6.07, 6.45) is 1.07. The lowest BCUT2D eigenvalue weighted by Crippen LogP contribution is -2.35. The second kappa shape index (κ2) is 6.42. The fourth-order valence-corrected chi connectivity index (χ4v) is 3.13. The van der Waals surface area contributed by atoms with Crippen LogP contribution in [0, 0.1) is 6.92 Å². The summed E-state index contributed by atoms with van der Waals surface area (Å²) in [6.45, 7) is 3.79. The van der Waals surface area contributed by atoms with Crippen molar-refractivity contribution in [1.82, 2.24) is 14.8 Å². The summed E-state index contributed by atoms with van der Waals surface area (Å²) < 4.78 is 6.40. The minimum Gasteiger partial charge on any atom is -0.485 e. The van der Waals surface area contributed by atoms with Gasteiger partial charge in [-0.25, -0.2) is 4.98 Å². The normalized spacial score (nSPS) is 18.0. The van der Waals surface area contributed by atoms with Crippen molar-refractivity contribution in [3.63, 3.8) is 0 Å². The maximum atomic E-state index is 6.40. The molecule has 1 atom stereocenters. The lowest BCUT2D eigenvalue weighted by Gasteiger charge is -2.23. The number of fused-ring (bicyclic) bond motifs is 3. The van der Waals surface area contributed by atoms with Crippen LogP contribution in [0.3, 0.4) is 0 Å². The van der Waals surface area contributed by atoms with E-state index in [-0.39, 0.29) is 6.10 Å². The van der Waals surface area contributed by atoms with E-state index >= 15 is 0 Å². The maximum absolute atomic E-state index is 6.40. The smallest absolute Gasteiger partial charge is 0.156 e. The van der Waals surface area contributed by atoms with Gasteiger partial charge in [-0.3, -0.25) is 0 Å². The number of hydrogen-bond donors (Lipinski definition) is 0. The van der Waals surface area contributed by atoms with Crippen LogP contribution in [-0.4, -0.2) is 60.1 Å². The first-order valence-electron chi connectivity index (χ1n) is 7.93. The number of nitrogens with zero attached hydrogens (tertiary/aromatic N) is 3. The number of ether oxygens (including phenoxy) is 1. The Hall–Kier alpha value is -1.72. The molecule has 122 valence electrons. The topological polar surface area (TPSA) is 28.6 Å². The average Bonchev–Trinajstić information content (AvgIpc) is 2.63. The van der Waals surface area contributed by atoms with Gasteiger partial charge >= 0.3 is 0 Å². The summed E-state index contributed by atoms with van der Waals surface area (Å²) >= 11 is 5.66. The summed E-state index contributed by atoms with van der Waals surface area (Å²) in [5, 5.41) is 1.09. The predicted octanol–water partition coefficient (Wildman–Crippen LogP) is 2.86. The Balaban J connectivity index is 2.07. The first-order valence-corrected chi connectivity index (χ1v) is 8.33. The first kappa shape index (κ1) is 16.1. The molecule has 0 spiro atoms. The van der Waals surface area contributed by atoms with Crippen molar-refractivity contribution >= 4 is 28.1 Å². The van der Waals surface area contributed by atoms with E-state index in [1.54, 1.807) is 0 Å². The number of benzene rings is 1. The number of rotatable bonds is 3. The fraction of sp³-hybridized carbons (Fsp3) is 0.444. The highest BCUT2D eigenvalue weighted by molar-refractivity contribution is 7.80. The second-order valence-electron chi connectivity index (χ2n) is 6.48. The van der Waals surface area contributed by atoms with Crippen molar-refractivity contribution in [2.45, 2.75) is 19.4 Å². The molecule has 0 saturated carbocycles. The highest BCUT2D eigenvalue weighted by Crippen LogP contribution is 2.33. The van der Waals surface area contributed by atoms with Crippen LogP contribution in [-0.2, 0) is 0 Å². The van der Waals surface area contributed by atoms with Crippen molar-refractivity contribution < 1.29 is 4.74 Å². The van der Waals surface area contributed by atoms with E-state index in [1.807, 2.05) is 20.0 Å². The van der Waals surface area contributed by atoms with Gasteiger partial charge in [-0.1, -0.05) is 24.4 Å². The largest absolute Gasteiger partial charge is 0.485 e. The van der Waals surface area contributed by atoms with E-state index in [4.69, 9.17) is 21.9 Å².